The minimum atomic E-state index is -0.398. The van der Waals surface area contributed by atoms with E-state index in [-0.39, 0.29) is 6.10 Å². The van der Waals surface area contributed by atoms with Gasteiger partial charge in [0.1, 0.15) is 0 Å². The van der Waals surface area contributed by atoms with Crippen molar-refractivity contribution in [3.63, 3.8) is 0 Å². The van der Waals surface area contributed by atoms with Gasteiger partial charge in [0.05, 0.1) is 24.0 Å². The van der Waals surface area contributed by atoms with Gasteiger partial charge in [-0.05, 0) is 26.7 Å². The summed E-state index contributed by atoms with van der Waals surface area (Å²) in [6.45, 7) is 5.22. The number of nitrogens with zero attached hydrogens (tertiary/aromatic N) is 3. The van der Waals surface area contributed by atoms with Crippen LogP contribution in [0.4, 0.5) is 5.95 Å². The van der Waals surface area contributed by atoms with Crippen LogP contribution in [0.3, 0.4) is 0 Å². The number of piperidine rings is 1. The van der Waals surface area contributed by atoms with Crippen molar-refractivity contribution in [3.8, 4) is 0 Å². The Morgan fingerprint density at radius 3 is 3.05 bits per heavy atom. The Labute approximate surface area is 112 Å². The number of hydrogen-bond donors (Lipinski definition) is 1. The number of rotatable bonds is 3. The number of carbonyl (C=O) groups is 1. The molecule has 2 rings (SSSR count). The molecule has 1 atom stereocenters. The molecule has 104 valence electrons. The van der Waals surface area contributed by atoms with Gasteiger partial charge in [0, 0.05) is 19.3 Å². The first-order valence-electron chi connectivity index (χ1n) is 6.55. The number of aliphatic hydroxyl groups is 1. The Kier molecular flexibility index (Phi) is 4.31. The van der Waals surface area contributed by atoms with Crippen molar-refractivity contribution in [2.24, 2.45) is 0 Å². The van der Waals surface area contributed by atoms with E-state index in [9.17, 15) is 9.90 Å². The second-order valence-electron chi connectivity index (χ2n) is 4.63. The lowest BCUT2D eigenvalue weighted by molar-refractivity contribution is 0.0524. The predicted octanol–water partition coefficient (Wildman–Crippen LogP) is 0.923. The quantitative estimate of drug-likeness (QED) is 0.819. The van der Waals surface area contributed by atoms with Crippen LogP contribution in [0.2, 0.25) is 0 Å². The summed E-state index contributed by atoms with van der Waals surface area (Å²) in [5.74, 6) is 0.162. The number of anilines is 1. The maximum Gasteiger partial charge on any atom is 0.341 e. The standard InChI is InChI=1S/C13H19N3O3/c1-3-19-12(18)11-7-14-13(15-9(11)2)16-6-4-5-10(17)8-16/h7,10,17H,3-6,8H2,1-2H3. The molecule has 1 saturated heterocycles. The first-order chi connectivity index (χ1) is 9.11. The third kappa shape index (κ3) is 3.20. The molecule has 1 aromatic rings. The van der Waals surface area contributed by atoms with Gasteiger partial charge in [-0.15, -0.1) is 0 Å². The SMILES string of the molecule is CCOC(=O)c1cnc(N2CCCC(O)C2)nc1C. The molecule has 0 aliphatic carbocycles. The van der Waals surface area contributed by atoms with Crippen molar-refractivity contribution >= 4 is 11.9 Å². The van der Waals surface area contributed by atoms with Gasteiger partial charge in [-0.1, -0.05) is 0 Å². The minimum absolute atomic E-state index is 0.331. The summed E-state index contributed by atoms with van der Waals surface area (Å²) < 4.78 is 4.94. The molecule has 0 saturated carbocycles. The molecule has 0 spiro atoms. The lowest BCUT2D eigenvalue weighted by Gasteiger charge is -2.30. The van der Waals surface area contributed by atoms with Gasteiger partial charge in [0.25, 0.3) is 0 Å². The number of β-amino-alcohol motifs (C(OH)–C–C–N with tert-alkyl or cyclic N) is 1. The predicted molar refractivity (Wildman–Crippen MR) is 70.2 cm³/mol. The Balaban J connectivity index is 2.16. The van der Waals surface area contributed by atoms with Crippen LogP contribution < -0.4 is 4.90 Å². The molecule has 1 unspecified atom stereocenters. The summed E-state index contributed by atoms with van der Waals surface area (Å²) in [6, 6.07) is 0. The van der Waals surface area contributed by atoms with E-state index in [0.29, 0.717) is 30.4 Å². The topological polar surface area (TPSA) is 75.5 Å². The van der Waals surface area contributed by atoms with Gasteiger partial charge >= 0.3 is 5.97 Å². The number of aliphatic hydroxyl groups excluding tert-OH is 1. The van der Waals surface area contributed by atoms with Crippen molar-refractivity contribution in [1.82, 2.24) is 9.97 Å². The Bertz CT molecular complexity index is 464. The molecule has 1 fully saturated rings. The number of aryl methyl sites for hydroxylation is 1. The number of hydrogen-bond acceptors (Lipinski definition) is 6. The van der Waals surface area contributed by atoms with E-state index in [0.717, 1.165) is 19.4 Å². The number of esters is 1. The average molecular weight is 265 g/mol. The van der Waals surface area contributed by atoms with Crippen LogP contribution in [-0.4, -0.2) is 46.8 Å². The number of ether oxygens (including phenoxy) is 1. The molecule has 0 amide bonds. The highest BCUT2D eigenvalue weighted by atomic mass is 16.5. The van der Waals surface area contributed by atoms with Crippen LogP contribution in [0.5, 0.6) is 0 Å². The Morgan fingerprint density at radius 1 is 1.63 bits per heavy atom. The fourth-order valence-corrected chi connectivity index (χ4v) is 2.15. The summed E-state index contributed by atoms with van der Waals surface area (Å²) in [6.07, 6.45) is 2.90. The summed E-state index contributed by atoms with van der Waals surface area (Å²) in [7, 11) is 0. The van der Waals surface area contributed by atoms with Gasteiger partial charge in [-0.3, -0.25) is 0 Å². The van der Waals surface area contributed by atoms with Crippen LogP contribution >= 0.6 is 0 Å². The van der Waals surface area contributed by atoms with Crippen molar-refractivity contribution in [2.75, 3.05) is 24.6 Å². The molecule has 1 aliphatic heterocycles. The average Bonchev–Trinajstić information content (AvgIpc) is 2.38. The molecule has 2 heterocycles. The van der Waals surface area contributed by atoms with Crippen molar-refractivity contribution in [3.05, 3.63) is 17.5 Å². The molecule has 0 radical (unpaired) electrons. The first kappa shape index (κ1) is 13.7. The second-order valence-corrected chi connectivity index (χ2v) is 4.63. The van der Waals surface area contributed by atoms with E-state index >= 15 is 0 Å². The monoisotopic (exact) mass is 265 g/mol. The van der Waals surface area contributed by atoms with Crippen molar-refractivity contribution in [2.45, 2.75) is 32.8 Å². The third-order valence-electron chi connectivity index (χ3n) is 3.14. The van der Waals surface area contributed by atoms with E-state index in [4.69, 9.17) is 4.74 Å². The zero-order valence-corrected chi connectivity index (χ0v) is 11.3. The third-order valence-corrected chi connectivity index (χ3v) is 3.14. The Morgan fingerprint density at radius 2 is 2.42 bits per heavy atom. The molecular weight excluding hydrogens is 246 g/mol. The molecule has 1 N–H and O–H groups in total. The zero-order valence-electron chi connectivity index (χ0n) is 11.3. The maximum atomic E-state index is 11.6. The van der Waals surface area contributed by atoms with Gasteiger partial charge in [-0.2, -0.15) is 0 Å². The van der Waals surface area contributed by atoms with Gasteiger partial charge in [-0.25, -0.2) is 14.8 Å². The molecular formula is C13H19N3O3. The van der Waals surface area contributed by atoms with Crippen molar-refractivity contribution in [1.29, 1.82) is 0 Å². The highest BCUT2D eigenvalue weighted by Crippen LogP contribution is 2.17. The van der Waals surface area contributed by atoms with Gasteiger partial charge in [0.15, 0.2) is 0 Å². The lowest BCUT2D eigenvalue weighted by Crippen LogP contribution is -2.39. The van der Waals surface area contributed by atoms with Crippen LogP contribution in [0.1, 0.15) is 35.8 Å². The van der Waals surface area contributed by atoms with Crippen LogP contribution in [0.25, 0.3) is 0 Å². The zero-order chi connectivity index (χ0) is 13.8. The first-order valence-corrected chi connectivity index (χ1v) is 6.55. The van der Waals surface area contributed by atoms with Crippen LogP contribution in [-0.2, 0) is 4.74 Å². The molecule has 6 heteroatoms. The second kappa shape index (κ2) is 5.97. The summed E-state index contributed by atoms with van der Waals surface area (Å²) in [4.78, 5) is 22.1. The summed E-state index contributed by atoms with van der Waals surface area (Å²) in [5, 5.41) is 9.65. The number of carbonyl (C=O) groups excluding carboxylic acids is 1. The highest BCUT2D eigenvalue weighted by molar-refractivity contribution is 5.90. The fourth-order valence-electron chi connectivity index (χ4n) is 2.15. The highest BCUT2D eigenvalue weighted by Gasteiger charge is 2.21. The summed E-state index contributed by atoms with van der Waals surface area (Å²) >= 11 is 0. The van der Waals surface area contributed by atoms with E-state index in [1.807, 2.05) is 4.90 Å². The molecule has 0 aromatic carbocycles. The smallest absolute Gasteiger partial charge is 0.341 e. The largest absolute Gasteiger partial charge is 0.462 e. The van der Waals surface area contributed by atoms with Gasteiger partial charge in [0.2, 0.25) is 5.95 Å². The van der Waals surface area contributed by atoms with E-state index < -0.39 is 5.97 Å². The van der Waals surface area contributed by atoms with Gasteiger partial charge < -0.3 is 14.7 Å². The van der Waals surface area contributed by atoms with Crippen molar-refractivity contribution < 1.29 is 14.6 Å². The molecule has 19 heavy (non-hydrogen) atoms. The minimum Gasteiger partial charge on any atom is -0.462 e. The molecule has 1 aromatic heterocycles. The molecule has 1 aliphatic rings. The fraction of sp³-hybridized carbons (Fsp3) is 0.615. The molecule has 0 bridgehead atoms. The maximum absolute atomic E-state index is 11.6. The molecule has 6 nitrogen and oxygen atoms in total. The van der Waals surface area contributed by atoms with E-state index in [1.54, 1.807) is 13.8 Å². The summed E-state index contributed by atoms with van der Waals surface area (Å²) in [5.41, 5.74) is 0.992. The van der Waals surface area contributed by atoms with E-state index in [1.165, 1.54) is 6.20 Å². The van der Waals surface area contributed by atoms with Crippen LogP contribution in [0.15, 0.2) is 6.20 Å². The van der Waals surface area contributed by atoms with E-state index in [2.05, 4.69) is 9.97 Å². The lowest BCUT2D eigenvalue weighted by atomic mass is 10.1. The number of aromatic nitrogens is 2. The Hall–Kier alpha value is -1.69. The normalized spacial score (nSPS) is 19.3. The van der Waals surface area contributed by atoms with Crippen LogP contribution in [0, 0.1) is 6.92 Å².